The van der Waals surface area contributed by atoms with Gasteiger partial charge in [-0.15, -0.1) is 0 Å². The molecule has 218 valence electrons. The van der Waals surface area contributed by atoms with Crippen molar-refractivity contribution in [3.63, 3.8) is 0 Å². The van der Waals surface area contributed by atoms with E-state index in [0.717, 1.165) is 23.3 Å². The van der Waals surface area contributed by atoms with E-state index < -0.39 is 64.3 Å². The normalized spacial score (nSPS) is 19.1. The number of nitrogens with one attached hydrogen (secondary N) is 3. The molecule has 2 aromatic carbocycles. The van der Waals surface area contributed by atoms with Crippen molar-refractivity contribution in [2.24, 2.45) is 17.6 Å². The number of epoxide rings is 1. The molecule has 0 aromatic heterocycles. The number of nitrogens with zero attached hydrogens (tertiary/aromatic N) is 1. The lowest BCUT2D eigenvalue weighted by atomic mass is 9.95. The highest BCUT2D eigenvalue weighted by atomic mass is 16.6. The number of benzene rings is 2. The van der Waals surface area contributed by atoms with E-state index in [1.165, 1.54) is 6.07 Å². The van der Waals surface area contributed by atoms with Gasteiger partial charge in [-0.05, 0) is 47.4 Å². The number of primary amides is 1. The maximum atomic E-state index is 13.5. The van der Waals surface area contributed by atoms with E-state index in [0.29, 0.717) is 19.4 Å². The lowest BCUT2D eigenvalue weighted by Gasteiger charge is -2.25. The number of phenolic OH excluding ortho intramolecular Hbond substituents is 1. The molecule has 0 bridgehead atoms. The molecule has 41 heavy (non-hydrogen) atoms. The summed E-state index contributed by atoms with van der Waals surface area (Å²) in [4.78, 5) is 61.8. The van der Waals surface area contributed by atoms with Crippen molar-refractivity contribution in [2.75, 3.05) is 6.54 Å². The highest BCUT2D eigenvalue weighted by Gasteiger charge is 2.51. The van der Waals surface area contributed by atoms with Gasteiger partial charge in [-0.1, -0.05) is 44.2 Å². The second-order valence-corrected chi connectivity index (χ2v) is 10.8. The molecule has 4 rings (SSSR count). The summed E-state index contributed by atoms with van der Waals surface area (Å²) in [6.45, 7) is 4.23. The summed E-state index contributed by atoms with van der Waals surface area (Å²) in [5.41, 5.74) is 7.47. The van der Waals surface area contributed by atoms with E-state index in [9.17, 15) is 34.4 Å². The van der Waals surface area contributed by atoms with Crippen molar-refractivity contribution >= 4 is 29.3 Å². The number of carbonyl (C=O) groups is 4. The van der Waals surface area contributed by atoms with Crippen LogP contribution in [0.5, 0.6) is 5.75 Å². The zero-order valence-corrected chi connectivity index (χ0v) is 22.7. The minimum atomic E-state index is -1.30. The Bertz CT molecular complexity index is 1340. The average Bonchev–Trinajstić information content (AvgIpc) is 3.62. The first-order valence-corrected chi connectivity index (χ1v) is 13.3. The van der Waals surface area contributed by atoms with Crippen LogP contribution >= 0.6 is 0 Å². The number of carbonyl (C=O) groups excluding carboxylic acids is 4. The first-order valence-electron chi connectivity index (χ1n) is 13.3. The van der Waals surface area contributed by atoms with Gasteiger partial charge >= 0.3 is 5.69 Å². The van der Waals surface area contributed by atoms with Crippen molar-refractivity contribution in [3.8, 4) is 5.75 Å². The van der Waals surface area contributed by atoms with Crippen LogP contribution in [-0.4, -0.2) is 64.5 Å². The summed E-state index contributed by atoms with van der Waals surface area (Å²) in [6.07, 6.45) is -1.31. The number of hydrogen-bond acceptors (Lipinski definition) is 8. The number of ether oxygens (including phenoxy) is 1. The SMILES string of the molecule is CC(C)CNC(=O)[C@@H]1O[C@H]1C(=O)N[C@H](Cc1ccc(O)c([N+](=O)[O-])c1)C(=O)N[C@@H](C(N)=O)C1Cc2ccccc2C1. The summed E-state index contributed by atoms with van der Waals surface area (Å²) < 4.78 is 5.25. The molecule has 13 nitrogen and oxygen atoms in total. The van der Waals surface area contributed by atoms with Gasteiger partial charge in [0.25, 0.3) is 11.8 Å². The molecule has 2 aliphatic rings. The van der Waals surface area contributed by atoms with Gasteiger partial charge in [-0.3, -0.25) is 29.3 Å². The highest BCUT2D eigenvalue weighted by Crippen LogP contribution is 2.30. The van der Waals surface area contributed by atoms with Crippen LogP contribution in [0.25, 0.3) is 0 Å². The monoisotopic (exact) mass is 567 g/mol. The van der Waals surface area contributed by atoms with Crippen molar-refractivity contribution in [1.29, 1.82) is 0 Å². The molecule has 0 saturated carbocycles. The highest BCUT2D eigenvalue weighted by molar-refractivity contribution is 5.97. The Balaban J connectivity index is 1.50. The predicted octanol–water partition coefficient (Wildman–Crippen LogP) is 0.252. The number of hydrogen-bond donors (Lipinski definition) is 5. The van der Waals surface area contributed by atoms with Gasteiger partial charge < -0.3 is 31.5 Å². The molecule has 2 aromatic rings. The molecule has 1 fully saturated rings. The number of phenols is 1. The number of fused-ring (bicyclic) bond motifs is 1. The number of amides is 4. The predicted molar refractivity (Wildman–Crippen MR) is 145 cm³/mol. The van der Waals surface area contributed by atoms with Gasteiger partial charge in [0, 0.05) is 19.0 Å². The molecule has 0 spiro atoms. The minimum Gasteiger partial charge on any atom is -0.502 e. The smallest absolute Gasteiger partial charge is 0.310 e. The summed E-state index contributed by atoms with van der Waals surface area (Å²) in [5.74, 6) is -3.33. The van der Waals surface area contributed by atoms with Crippen LogP contribution in [0, 0.1) is 22.0 Å². The Morgan fingerprint density at radius 3 is 2.27 bits per heavy atom. The third-order valence-electron chi connectivity index (χ3n) is 7.16. The molecule has 4 atom stereocenters. The molecule has 0 unspecified atom stereocenters. The topological polar surface area (TPSA) is 206 Å². The number of rotatable bonds is 12. The molecule has 1 heterocycles. The summed E-state index contributed by atoms with van der Waals surface area (Å²) in [6, 6.07) is 8.90. The van der Waals surface area contributed by atoms with Crippen LogP contribution in [0.3, 0.4) is 0 Å². The number of nitrogens with two attached hydrogens (primary N) is 1. The molecule has 13 heteroatoms. The molecular weight excluding hydrogens is 534 g/mol. The molecule has 0 radical (unpaired) electrons. The lowest BCUT2D eigenvalue weighted by molar-refractivity contribution is -0.385. The van der Waals surface area contributed by atoms with E-state index >= 15 is 0 Å². The van der Waals surface area contributed by atoms with Gasteiger partial charge in [-0.25, -0.2) is 0 Å². The quantitative estimate of drug-likeness (QED) is 0.136. The van der Waals surface area contributed by atoms with E-state index in [2.05, 4.69) is 16.0 Å². The van der Waals surface area contributed by atoms with Crippen LogP contribution < -0.4 is 21.7 Å². The second-order valence-electron chi connectivity index (χ2n) is 10.8. The van der Waals surface area contributed by atoms with E-state index in [4.69, 9.17) is 10.5 Å². The maximum absolute atomic E-state index is 13.5. The number of aromatic hydroxyl groups is 1. The fourth-order valence-corrected chi connectivity index (χ4v) is 4.96. The van der Waals surface area contributed by atoms with E-state index in [-0.39, 0.29) is 23.8 Å². The van der Waals surface area contributed by atoms with Crippen LogP contribution in [0.2, 0.25) is 0 Å². The van der Waals surface area contributed by atoms with Crippen molar-refractivity contribution in [3.05, 3.63) is 69.3 Å². The third kappa shape index (κ3) is 7.17. The summed E-state index contributed by atoms with van der Waals surface area (Å²) >= 11 is 0. The molecular formula is C28H33N5O8. The van der Waals surface area contributed by atoms with Crippen LogP contribution in [0.15, 0.2) is 42.5 Å². The zero-order valence-electron chi connectivity index (χ0n) is 22.7. The van der Waals surface area contributed by atoms with Crippen LogP contribution in [0.1, 0.15) is 30.5 Å². The molecule has 4 amide bonds. The first-order chi connectivity index (χ1) is 19.4. The minimum absolute atomic E-state index is 0.193. The number of nitro benzene ring substituents is 1. The van der Waals surface area contributed by atoms with Crippen LogP contribution in [-0.2, 0) is 43.2 Å². The lowest BCUT2D eigenvalue weighted by Crippen LogP contribution is -2.56. The van der Waals surface area contributed by atoms with Gasteiger partial charge in [0.15, 0.2) is 18.0 Å². The number of nitro groups is 1. The standard InChI is InChI=1S/C28H33N5O8/c1-14(2)13-30-27(37)23-24(41-23)28(38)31-19(9-15-7-8-21(34)20(10-15)33(39)40)26(36)32-22(25(29)35)18-11-16-5-3-4-6-17(16)12-18/h3-8,10,14,18-19,22-24,34H,9,11-13H2,1-2H3,(H2,29,35)(H,30,37)(H,31,38)(H,32,36)/t19-,22-,23-,24-/m1/s1. The fourth-order valence-electron chi connectivity index (χ4n) is 4.96. The van der Waals surface area contributed by atoms with E-state index in [1.807, 2.05) is 38.1 Å². The van der Waals surface area contributed by atoms with Gasteiger partial charge in [-0.2, -0.15) is 0 Å². The zero-order chi connectivity index (χ0) is 29.8. The van der Waals surface area contributed by atoms with Gasteiger partial charge in [0.05, 0.1) is 4.92 Å². The third-order valence-corrected chi connectivity index (χ3v) is 7.16. The second kappa shape index (κ2) is 12.3. The van der Waals surface area contributed by atoms with Crippen molar-refractivity contribution < 1.29 is 33.9 Å². The molecule has 1 saturated heterocycles. The summed E-state index contributed by atoms with van der Waals surface area (Å²) in [5, 5.41) is 29.0. The van der Waals surface area contributed by atoms with Gasteiger partial charge in [0.2, 0.25) is 11.8 Å². The van der Waals surface area contributed by atoms with Crippen molar-refractivity contribution in [2.45, 2.75) is 57.4 Å². The Labute approximate surface area is 236 Å². The largest absolute Gasteiger partial charge is 0.502 e. The Kier molecular flexibility index (Phi) is 8.86. The fraction of sp³-hybridized carbons (Fsp3) is 0.429. The average molecular weight is 568 g/mol. The molecule has 1 aliphatic heterocycles. The Morgan fingerprint density at radius 1 is 1.05 bits per heavy atom. The maximum Gasteiger partial charge on any atom is 0.310 e. The van der Waals surface area contributed by atoms with Crippen molar-refractivity contribution in [1.82, 2.24) is 16.0 Å². The summed E-state index contributed by atoms with van der Waals surface area (Å²) in [7, 11) is 0. The van der Waals surface area contributed by atoms with Gasteiger partial charge in [0.1, 0.15) is 12.1 Å². The Morgan fingerprint density at radius 2 is 1.68 bits per heavy atom. The molecule has 6 N–H and O–H groups in total. The first kappa shape index (κ1) is 29.5. The van der Waals surface area contributed by atoms with Crippen LogP contribution in [0.4, 0.5) is 5.69 Å². The molecule has 1 aliphatic carbocycles. The Hall–Kier alpha value is -4.52. The van der Waals surface area contributed by atoms with E-state index in [1.54, 1.807) is 0 Å².